The van der Waals surface area contributed by atoms with Crippen molar-refractivity contribution in [3.63, 3.8) is 0 Å². The molecule has 0 fully saturated rings. The Kier molecular flexibility index (Phi) is 23.8. The van der Waals surface area contributed by atoms with Gasteiger partial charge in [-0.2, -0.15) is 0 Å². The van der Waals surface area contributed by atoms with E-state index in [1.54, 1.807) is 18.1 Å². The standard InChI is InChI=1S/C25H28N4O3S3.C6H5N.C6H4.C2H4.CH4/c1-4-5-12-35(31)25-22(26)21-18(13-19(28-24(21)34-25)23-27-10-11-33-23)17-8-6-16(7-9-17)15-32-20(30)14-29(2)3;1-3-4-5-6-7-2;1-3-5-6-4-2;1-2;/h6-11,13H,4-5,12,14-15,26H2,1-3H3;1H2,2H3;1-2H2;1-2H2;1H4. The molecule has 0 saturated carbocycles. The third-order valence-corrected chi connectivity index (χ3v) is 9.66. The summed E-state index contributed by atoms with van der Waals surface area (Å²) in [5.74, 6) is 2.73. The van der Waals surface area contributed by atoms with Gasteiger partial charge in [0.25, 0.3) is 0 Å². The normalized spacial score (nSPS) is 9.51. The summed E-state index contributed by atoms with van der Waals surface area (Å²) in [6.45, 7) is 18.3. The van der Waals surface area contributed by atoms with Crippen LogP contribution in [0.5, 0.6) is 0 Å². The van der Waals surface area contributed by atoms with E-state index in [1.807, 2.05) is 49.8 Å². The van der Waals surface area contributed by atoms with Crippen LogP contribution in [0.15, 0.2) is 124 Å². The first-order valence-electron chi connectivity index (χ1n) is 15.0. The molecule has 8 nitrogen and oxygen atoms in total. The number of ether oxygens (including phenoxy) is 1. The van der Waals surface area contributed by atoms with Gasteiger partial charge in [-0.3, -0.25) is 13.9 Å². The second kappa shape index (κ2) is 26.6. The molecule has 0 saturated heterocycles. The number of aromatic nitrogens is 2. The molecule has 2 N–H and O–H groups in total. The Hall–Kier alpha value is -5.27. The van der Waals surface area contributed by atoms with Crippen LogP contribution in [0, 0.1) is 0 Å². The van der Waals surface area contributed by atoms with Crippen molar-refractivity contribution in [1.29, 1.82) is 0 Å². The van der Waals surface area contributed by atoms with Crippen molar-refractivity contribution >= 4 is 61.2 Å². The summed E-state index contributed by atoms with van der Waals surface area (Å²) in [6.07, 6.45) is 3.61. The first kappa shape index (κ1) is 45.7. The third kappa shape index (κ3) is 15.9. The number of nitrogen functional groups attached to an aromatic ring is 1. The van der Waals surface area contributed by atoms with Gasteiger partial charge in [0.2, 0.25) is 0 Å². The number of unbranched alkanes of at least 4 members (excludes halogenated alkanes) is 1. The number of esters is 1. The monoisotopic (exact) mass is 739 g/mol. The van der Waals surface area contributed by atoms with Gasteiger partial charge in [-0.1, -0.05) is 62.2 Å². The lowest BCUT2D eigenvalue weighted by Gasteiger charge is -2.11. The highest BCUT2D eigenvalue weighted by Gasteiger charge is 2.21. The zero-order chi connectivity index (χ0) is 37.3. The molecule has 0 radical (unpaired) electrons. The van der Waals surface area contributed by atoms with Crippen LogP contribution in [0.4, 0.5) is 5.69 Å². The van der Waals surface area contributed by atoms with E-state index in [0.717, 1.165) is 50.5 Å². The summed E-state index contributed by atoms with van der Waals surface area (Å²) in [5, 5.41) is 3.56. The lowest BCUT2D eigenvalue weighted by Crippen LogP contribution is -2.23. The second-order valence-corrected chi connectivity index (χ2v) is 13.4. The van der Waals surface area contributed by atoms with Gasteiger partial charge >= 0.3 is 5.97 Å². The van der Waals surface area contributed by atoms with Crippen molar-refractivity contribution in [1.82, 2.24) is 14.9 Å². The Morgan fingerprint density at radius 3 is 2.22 bits per heavy atom. The van der Waals surface area contributed by atoms with Crippen molar-refractivity contribution in [3.8, 4) is 21.8 Å². The van der Waals surface area contributed by atoms with Crippen molar-refractivity contribution in [2.45, 2.75) is 38.0 Å². The van der Waals surface area contributed by atoms with E-state index in [2.05, 4.69) is 95.8 Å². The second-order valence-electron chi connectivity index (χ2n) is 9.74. The highest BCUT2D eigenvalue weighted by molar-refractivity contribution is 7.87. The number of hydrogen-bond donors (Lipinski definition) is 1. The number of anilines is 1. The molecule has 4 rings (SSSR count). The minimum atomic E-state index is -1.16. The number of carbonyl (C=O) groups is 1. The van der Waals surface area contributed by atoms with Crippen molar-refractivity contribution in [2.24, 2.45) is 4.99 Å². The van der Waals surface area contributed by atoms with E-state index in [9.17, 15) is 9.00 Å². The number of thiophene rings is 1. The summed E-state index contributed by atoms with van der Waals surface area (Å²) < 4.78 is 19.0. The molecule has 1 aromatic carbocycles. The predicted octanol–water partition coefficient (Wildman–Crippen LogP) is 8.98. The van der Waals surface area contributed by atoms with Crippen LogP contribution in [-0.2, 0) is 26.9 Å². The number of nitrogens with zero attached hydrogens (tertiary/aromatic N) is 4. The van der Waals surface area contributed by atoms with Gasteiger partial charge in [0.15, 0.2) is 0 Å². The van der Waals surface area contributed by atoms with E-state index in [0.29, 0.717) is 15.6 Å². The zero-order valence-electron chi connectivity index (χ0n) is 28.9. The maximum atomic E-state index is 13.0. The number of nitrogens with two attached hydrogens (primary N) is 1. The molecule has 0 aliphatic carbocycles. The molecule has 1 atom stereocenters. The molecular weight excluding hydrogens is 695 g/mol. The van der Waals surface area contributed by atoms with Crippen LogP contribution in [0.25, 0.3) is 32.0 Å². The summed E-state index contributed by atoms with van der Waals surface area (Å²) in [5.41, 5.74) is 27.4. The summed E-state index contributed by atoms with van der Waals surface area (Å²) in [6, 6.07) is 9.85. The number of carbonyl (C=O) groups excluding carboxylic acids is 1. The fraction of sp³-hybridized carbons (Fsp3) is 0.250. The molecule has 3 heterocycles. The van der Waals surface area contributed by atoms with Crippen LogP contribution in [0.2, 0.25) is 0 Å². The lowest BCUT2D eigenvalue weighted by molar-refractivity contribution is -0.145. The Balaban J connectivity index is 0.00000132. The molecule has 266 valence electrons. The van der Waals surface area contributed by atoms with Crippen LogP contribution >= 0.6 is 22.7 Å². The van der Waals surface area contributed by atoms with Crippen LogP contribution in [0.1, 0.15) is 32.8 Å². The molecule has 4 aromatic rings. The number of likely N-dealkylation sites (N-methyl/N-ethyl adjacent to an activating group) is 1. The highest BCUT2D eigenvalue weighted by atomic mass is 32.2. The summed E-state index contributed by atoms with van der Waals surface area (Å²) in [4.78, 5) is 27.1. The number of hydrogen-bond acceptors (Lipinski definition) is 10. The lowest BCUT2D eigenvalue weighted by atomic mass is 10.0. The molecule has 51 heavy (non-hydrogen) atoms. The third-order valence-electron chi connectivity index (χ3n) is 5.87. The van der Waals surface area contributed by atoms with Crippen LogP contribution in [-0.4, -0.2) is 64.4 Å². The molecule has 1 unspecified atom stereocenters. The first-order valence-corrected chi connectivity index (χ1v) is 18.0. The van der Waals surface area contributed by atoms with Gasteiger partial charge in [0.05, 0.1) is 23.0 Å². The fourth-order valence-electron chi connectivity index (χ4n) is 3.79. The number of benzene rings is 1. The molecule has 0 bridgehead atoms. The van der Waals surface area contributed by atoms with Gasteiger partial charge < -0.3 is 10.5 Å². The fourth-order valence-corrected chi connectivity index (χ4v) is 7.18. The summed E-state index contributed by atoms with van der Waals surface area (Å²) >= 11 is 2.92. The molecule has 0 aliphatic heterocycles. The molecular formula is C40H45N5O3S3. The van der Waals surface area contributed by atoms with Crippen molar-refractivity contribution < 1.29 is 13.7 Å². The van der Waals surface area contributed by atoms with E-state index in [4.69, 9.17) is 15.5 Å². The number of pyridine rings is 1. The summed E-state index contributed by atoms with van der Waals surface area (Å²) in [7, 11) is 4.10. The largest absolute Gasteiger partial charge is 0.460 e. The van der Waals surface area contributed by atoms with Crippen molar-refractivity contribution in [3.05, 3.63) is 120 Å². The smallest absolute Gasteiger partial charge is 0.320 e. The average molecular weight is 740 g/mol. The van der Waals surface area contributed by atoms with E-state index >= 15 is 0 Å². The molecule has 11 heteroatoms. The predicted molar refractivity (Wildman–Crippen MR) is 218 cm³/mol. The van der Waals surface area contributed by atoms with Crippen molar-refractivity contribution in [2.75, 3.05) is 39.2 Å². The number of fused-ring (bicyclic) bond motifs is 1. The average Bonchev–Trinajstić information content (AvgIpc) is 3.79. The molecule has 0 amide bonds. The quantitative estimate of drug-likeness (QED) is 0.0748. The highest BCUT2D eigenvalue weighted by Crippen LogP contribution is 2.43. The maximum absolute atomic E-state index is 13.0. The van der Waals surface area contributed by atoms with Gasteiger partial charge in [0.1, 0.15) is 26.3 Å². The molecule has 3 aromatic heterocycles. The molecule has 0 aliphatic rings. The van der Waals surface area contributed by atoms with Crippen LogP contribution in [0.3, 0.4) is 0 Å². The number of thiazole rings is 1. The van der Waals surface area contributed by atoms with Crippen LogP contribution < -0.4 is 5.73 Å². The number of aliphatic imine (C=N–C) groups is 1. The Morgan fingerprint density at radius 2 is 1.69 bits per heavy atom. The zero-order valence-corrected chi connectivity index (χ0v) is 31.4. The van der Waals surface area contributed by atoms with E-state index < -0.39 is 10.8 Å². The Labute approximate surface area is 312 Å². The minimum absolute atomic E-state index is 0. The maximum Gasteiger partial charge on any atom is 0.320 e. The SMILES string of the molecule is C.C=C.C=C=C=C=C=C.C=C=C=C=C=NC.CCCCS(=O)c1sc2nc(-c3nccs3)cc(-c3ccc(COC(=O)CN(C)C)cc3)c2c1N. The van der Waals surface area contributed by atoms with Gasteiger partial charge in [-0.05, 0) is 80.2 Å². The van der Waals surface area contributed by atoms with E-state index in [1.165, 1.54) is 22.7 Å². The first-order chi connectivity index (χ1) is 24.2. The Bertz CT molecular complexity index is 2010. The van der Waals surface area contributed by atoms with Gasteiger partial charge in [-0.25, -0.2) is 15.0 Å². The van der Waals surface area contributed by atoms with E-state index in [-0.39, 0.29) is 26.5 Å². The van der Waals surface area contributed by atoms with Gasteiger partial charge in [-0.15, -0.1) is 35.8 Å². The minimum Gasteiger partial charge on any atom is -0.460 e. The number of rotatable bonds is 10. The Morgan fingerprint density at radius 1 is 1.06 bits per heavy atom. The van der Waals surface area contributed by atoms with Gasteiger partial charge in [0, 0.05) is 41.4 Å². The topological polar surface area (TPSA) is 111 Å². The molecule has 0 spiro atoms.